The summed E-state index contributed by atoms with van der Waals surface area (Å²) in [6, 6.07) is 7.66. The summed E-state index contributed by atoms with van der Waals surface area (Å²) >= 11 is 0. The molecule has 1 aliphatic carbocycles. The first-order valence-corrected chi connectivity index (χ1v) is 7.02. The Hall–Kier alpha value is -1.15. The topological polar surface area (TPSA) is 3.24 Å². The van der Waals surface area contributed by atoms with Gasteiger partial charge in [-0.15, -0.1) is 0 Å². The van der Waals surface area contributed by atoms with Crippen molar-refractivity contribution in [1.29, 1.82) is 0 Å². The van der Waals surface area contributed by atoms with E-state index in [9.17, 15) is 4.39 Å². The Balaban J connectivity index is 1.67. The second-order valence-corrected chi connectivity index (χ2v) is 5.41. The monoisotopic (exact) mass is 245 g/mol. The van der Waals surface area contributed by atoms with E-state index < -0.39 is 0 Å². The van der Waals surface area contributed by atoms with Gasteiger partial charge in [-0.2, -0.15) is 0 Å². The van der Waals surface area contributed by atoms with Crippen LogP contribution in [0.1, 0.15) is 37.7 Å². The van der Waals surface area contributed by atoms with Crippen LogP contribution in [0.5, 0.6) is 0 Å². The van der Waals surface area contributed by atoms with E-state index in [1.54, 1.807) is 12.1 Å². The fourth-order valence-electron chi connectivity index (χ4n) is 3.18. The maximum atomic E-state index is 12.9. The third kappa shape index (κ3) is 2.49. The number of allylic oxidation sites excluding steroid dienone is 1. The van der Waals surface area contributed by atoms with Crippen molar-refractivity contribution in [3.8, 4) is 0 Å². The summed E-state index contributed by atoms with van der Waals surface area (Å²) in [5.74, 6) is -0.148. The molecule has 1 fully saturated rings. The van der Waals surface area contributed by atoms with Gasteiger partial charge in [0, 0.05) is 6.04 Å². The van der Waals surface area contributed by atoms with E-state index in [2.05, 4.69) is 11.0 Å². The molecule has 0 unspecified atom stereocenters. The van der Waals surface area contributed by atoms with Gasteiger partial charge in [0.1, 0.15) is 5.82 Å². The lowest BCUT2D eigenvalue weighted by Crippen LogP contribution is -2.33. The molecule has 96 valence electrons. The molecule has 1 nitrogen and oxygen atoms in total. The molecule has 1 aliphatic heterocycles. The molecule has 1 saturated heterocycles. The highest BCUT2D eigenvalue weighted by atomic mass is 19.1. The molecular weight excluding hydrogens is 225 g/mol. The minimum atomic E-state index is -0.148. The van der Waals surface area contributed by atoms with E-state index >= 15 is 0 Å². The zero-order chi connectivity index (χ0) is 12.4. The van der Waals surface area contributed by atoms with Gasteiger partial charge in [-0.05, 0) is 68.5 Å². The van der Waals surface area contributed by atoms with Gasteiger partial charge in [-0.1, -0.05) is 18.2 Å². The van der Waals surface area contributed by atoms with Crippen molar-refractivity contribution >= 4 is 5.57 Å². The number of rotatable bonds is 2. The molecular formula is C16H20FN. The van der Waals surface area contributed by atoms with Crippen molar-refractivity contribution in [2.45, 2.75) is 38.1 Å². The summed E-state index contributed by atoms with van der Waals surface area (Å²) in [6.07, 6.45) is 8.64. The van der Waals surface area contributed by atoms with Gasteiger partial charge in [0.25, 0.3) is 0 Å². The summed E-state index contributed by atoms with van der Waals surface area (Å²) < 4.78 is 12.9. The lowest BCUT2D eigenvalue weighted by Gasteiger charge is -2.30. The van der Waals surface area contributed by atoms with Crippen LogP contribution >= 0.6 is 0 Å². The van der Waals surface area contributed by atoms with Crippen LogP contribution in [0.4, 0.5) is 4.39 Å². The fraction of sp³-hybridized carbons (Fsp3) is 0.500. The minimum absolute atomic E-state index is 0.148. The normalized spacial score (nSPS) is 25.2. The highest BCUT2D eigenvalue weighted by molar-refractivity contribution is 5.66. The molecule has 1 atom stereocenters. The Morgan fingerprint density at radius 2 is 1.78 bits per heavy atom. The van der Waals surface area contributed by atoms with E-state index in [4.69, 9.17) is 0 Å². The molecule has 0 aromatic heterocycles. The van der Waals surface area contributed by atoms with Crippen molar-refractivity contribution in [3.05, 3.63) is 41.7 Å². The third-order valence-electron chi connectivity index (χ3n) is 4.26. The average molecular weight is 245 g/mol. The molecule has 2 heteroatoms. The molecule has 0 bridgehead atoms. The molecule has 18 heavy (non-hydrogen) atoms. The number of likely N-dealkylation sites (tertiary alicyclic amines) is 1. The quantitative estimate of drug-likeness (QED) is 0.764. The molecule has 3 rings (SSSR count). The molecule has 1 heterocycles. The molecule has 0 saturated carbocycles. The van der Waals surface area contributed by atoms with Crippen molar-refractivity contribution in [3.63, 3.8) is 0 Å². The SMILES string of the molecule is Fc1ccc(C2=CC[C@H](N3CCCC3)CC2)cc1. The number of benzene rings is 1. The van der Waals surface area contributed by atoms with Crippen LogP contribution in [0.3, 0.4) is 0 Å². The predicted octanol–water partition coefficient (Wildman–Crippen LogP) is 3.86. The number of hydrogen-bond acceptors (Lipinski definition) is 1. The predicted molar refractivity (Wildman–Crippen MR) is 72.8 cm³/mol. The first-order valence-electron chi connectivity index (χ1n) is 7.02. The second-order valence-electron chi connectivity index (χ2n) is 5.41. The summed E-state index contributed by atoms with van der Waals surface area (Å²) in [7, 11) is 0. The van der Waals surface area contributed by atoms with Gasteiger partial charge < -0.3 is 4.90 Å². The second kappa shape index (κ2) is 5.23. The Labute approximate surface area is 108 Å². The lowest BCUT2D eigenvalue weighted by molar-refractivity contribution is 0.229. The zero-order valence-electron chi connectivity index (χ0n) is 10.7. The molecule has 0 radical (unpaired) electrons. The third-order valence-corrected chi connectivity index (χ3v) is 4.26. The molecule has 1 aromatic carbocycles. The van der Waals surface area contributed by atoms with Crippen molar-refractivity contribution < 1.29 is 4.39 Å². The van der Waals surface area contributed by atoms with Crippen LogP contribution in [-0.4, -0.2) is 24.0 Å². The smallest absolute Gasteiger partial charge is 0.123 e. The summed E-state index contributed by atoms with van der Waals surface area (Å²) in [6.45, 7) is 2.56. The highest BCUT2D eigenvalue weighted by Crippen LogP contribution is 2.30. The van der Waals surface area contributed by atoms with Crippen LogP contribution < -0.4 is 0 Å². The number of nitrogens with zero attached hydrogens (tertiary/aromatic N) is 1. The Kier molecular flexibility index (Phi) is 3.46. The summed E-state index contributed by atoms with van der Waals surface area (Å²) in [4.78, 5) is 2.64. The van der Waals surface area contributed by atoms with E-state index in [1.807, 2.05) is 12.1 Å². The first kappa shape index (κ1) is 11.9. The van der Waals surface area contributed by atoms with Crippen molar-refractivity contribution in [2.24, 2.45) is 0 Å². The largest absolute Gasteiger partial charge is 0.300 e. The molecule has 0 amide bonds. The van der Waals surface area contributed by atoms with Gasteiger partial charge in [0.2, 0.25) is 0 Å². The van der Waals surface area contributed by atoms with Gasteiger partial charge >= 0.3 is 0 Å². The van der Waals surface area contributed by atoms with E-state index in [0.29, 0.717) is 0 Å². The van der Waals surface area contributed by atoms with E-state index in [1.165, 1.54) is 43.5 Å². The maximum Gasteiger partial charge on any atom is 0.123 e. The van der Waals surface area contributed by atoms with Gasteiger partial charge in [0.05, 0.1) is 0 Å². The lowest BCUT2D eigenvalue weighted by atomic mass is 9.90. The van der Waals surface area contributed by atoms with Crippen LogP contribution in [-0.2, 0) is 0 Å². The average Bonchev–Trinajstić information content (AvgIpc) is 2.94. The zero-order valence-corrected chi connectivity index (χ0v) is 10.7. The minimum Gasteiger partial charge on any atom is -0.300 e. The molecule has 1 aromatic rings. The van der Waals surface area contributed by atoms with Gasteiger partial charge in [-0.3, -0.25) is 0 Å². The molecule has 2 aliphatic rings. The number of hydrogen-bond donors (Lipinski definition) is 0. The van der Waals surface area contributed by atoms with Crippen LogP contribution in [0.15, 0.2) is 30.3 Å². The Morgan fingerprint density at radius 3 is 2.39 bits per heavy atom. The first-order chi connectivity index (χ1) is 8.83. The summed E-state index contributed by atoms with van der Waals surface area (Å²) in [5, 5.41) is 0. The van der Waals surface area contributed by atoms with Crippen LogP contribution in [0.25, 0.3) is 5.57 Å². The molecule has 0 spiro atoms. The van der Waals surface area contributed by atoms with E-state index in [0.717, 1.165) is 18.9 Å². The standard InChI is InChI=1S/C16H20FN/c17-15-7-3-13(4-8-15)14-5-9-16(10-6-14)18-11-1-2-12-18/h3-5,7-8,16H,1-2,6,9-12H2/t16-/m0/s1. The summed E-state index contributed by atoms with van der Waals surface area (Å²) in [5.41, 5.74) is 2.58. The highest BCUT2D eigenvalue weighted by Gasteiger charge is 2.23. The van der Waals surface area contributed by atoms with Crippen molar-refractivity contribution in [2.75, 3.05) is 13.1 Å². The molecule has 0 N–H and O–H groups in total. The fourth-order valence-corrected chi connectivity index (χ4v) is 3.18. The Bertz CT molecular complexity index is 429. The number of halogens is 1. The maximum absolute atomic E-state index is 12.9. The van der Waals surface area contributed by atoms with Crippen molar-refractivity contribution in [1.82, 2.24) is 4.90 Å². The van der Waals surface area contributed by atoms with Gasteiger partial charge in [0.15, 0.2) is 0 Å². The van der Waals surface area contributed by atoms with E-state index in [-0.39, 0.29) is 5.82 Å². The Morgan fingerprint density at radius 1 is 1.06 bits per heavy atom. The van der Waals surface area contributed by atoms with Crippen LogP contribution in [0, 0.1) is 5.82 Å². The van der Waals surface area contributed by atoms with Crippen LogP contribution in [0.2, 0.25) is 0 Å². The van der Waals surface area contributed by atoms with Gasteiger partial charge in [-0.25, -0.2) is 4.39 Å².